The van der Waals surface area contributed by atoms with Gasteiger partial charge in [0, 0.05) is 6.42 Å². The first-order valence-electron chi connectivity index (χ1n) is 38.4. The Hall–Kier alpha value is -1.27. The molecule has 0 saturated carbocycles. The lowest BCUT2D eigenvalue weighted by Gasteiger charge is -2.46. The highest BCUT2D eigenvalue weighted by Crippen LogP contribution is 2.30. The number of aliphatic hydroxyl groups excluding tert-OH is 8. The molecule has 14 nitrogen and oxygen atoms in total. The Balaban J connectivity index is 1.59. The molecule has 12 unspecified atom stereocenters. The first-order chi connectivity index (χ1) is 43.6. The van der Waals surface area contributed by atoms with Gasteiger partial charge < -0.3 is 65.1 Å². The number of unbranched alkanes of at least 4 members (excludes halogenated alkanes) is 52. The number of aliphatic hydroxyl groups is 8. The quantitative estimate of drug-likeness (QED) is 0.0204. The minimum absolute atomic E-state index is 0.230. The molecule has 89 heavy (non-hydrogen) atoms. The van der Waals surface area contributed by atoms with Crippen molar-refractivity contribution >= 4 is 5.91 Å². The minimum atomic E-state index is -1.79. The fourth-order valence-corrected chi connectivity index (χ4v) is 13.1. The largest absolute Gasteiger partial charge is 0.394 e. The topological polar surface area (TPSA) is 228 Å². The van der Waals surface area contributed by atoms with Gasteiger partial charge in [0.15, 0.2) is 12.6 Å². The molecule has 0 spiro atoms. The van der Waals surface area contributed by atoms with E-state index in [0.29, 0.717) is 0 Å². The maximum Gasteiger partial charge on any atom is 0.220 e. The fourth-order valence-electron chi connectivity index (χ4n) is 13.1. The van der Waals surface area contributed by atoms with Crippen molar-refractivity contribution in [3.63, 3.8) is 0 Å². The van der Waals surface area contributed by atoms with Crippen molar-refractivity contribution in [2.45, 2.75) is 441 Å². The Morgan fingerprint density at radius 2 is 0.697 bits per heavy atom. The van der Waals surface area contributed by atoms with Gasteiger partial charge in [0.2, 0.25) is 5.91 Å². The zero-order valence-corrected chi connectivity index (χ0v) is 57.7. The standard InChI is InChI=1S/C75H145NO13/c1-3-5-7-9-11-13-15-17-19-21-23-25-26-27-28-29-30-31-32-33-34-35-36-37-38-39-41-43-45-47-49-51-53-55-57-59-67(80)76-63(64(79)58-56-54-52-50-48-46-44-42-40-24-22-20-18-16-14-12-10-8-6-4-2)62-86-74-72(85)70(83)73(66(61-78)88-74)89-75-71(84)69(82)68(81)65(60-77)87-75/h56,58,63-66,68-75,77-79,81-85H,3-55,57,59-62H2,1-2H3,(H,76,80)/b58-56+. The molecular weight excluding hydrogens is 1120 g/mol. The molecule has 0 aromatic carbocycles. The lowest BCUT2D eigenvalue weighted by Crippen LogP contribution is -2.65. The second-order valence-corrected chi connectivity index (χ2v) is 27.5. The number of hydrogen-bond acceptors (Lipinski definition) is 13. The van der Waals surface area contributed by atoms with Crippen LogP contribution >= 0.6 is 0 Å². The number of allylic oxidation sites excluding steroid dienone is 1. The smallest absolute Gasteiger partial charge is 0.220 e. The molecular formula is C75H145NO13. The van der Waals surface area contributed by atoms with Gasteiger partial charge in [-0.15, -0.1) is 0 Å². The van der Waals surface area contributed by atoms with Gasteiger partial charge in [-0.1, -0.05) is 353 Å². The highest BCUT2D eigenvalue weighted by Gasteiger charge is 2.51. The van der Waals surface area contributed by atoms with Crippen molar-refractivity contribution in [1.82, 2.24) is 5.32 Å². The molecule has 2 heterocycles. The van der Waals surface area contributed by atoms with Gasteiger partial charge in [-0.25, -0.2) is 0 Å². The average molecular weight is 1270 g/mol. The molecule has 2 aliphatic rings. The second-order valence-electron chi connectivity index (χ2n) is 27.5. The summed E-state index contributed by atoms with van der Waals surface area (Å²) in [6, 6.07) is -0.911. The third-order valence-corrected chi connectivity index (χ3v) is 19.2. The van der Waals surface area contributed by atoms with Crippen molar-refractivity contribution in [2.24, 2.45) is 0 Å². The summed E-state index contributed by atoms with van der Waals surface area (Å²) in [4.78, 5) is 13.4. The molecule has 528 valence electrons. The summed E-state index contributed by atoms with van der Waals surface area (Å²) in [6.45, 7) is 2.87. The number of rotatable bonds is 65. The highest BCUT2D eigenvalue weighted by molar-refractivity contribution is 5.76. The van der Waals surface area contributed by atoms with Crippen LogP contribution in [0.25, 0.3) is 0 Å². The fraction of sp³-hybridized carbons (Fsp3) is 0.960. The highest BCUT2D eigenvalue weighted by atomic mass is 16.7. The zero-order chi connectivity index (χ0) is 64.5. The van der Waals surface area contributed by atoms with Gasteiger partial charge >= 0.3 is 0 Å². The Kier molecular flexibility index (Phi) is 56.9. The molecule has 12 atom stereocenters. The average Bonchev–Trinajstić information content (AvgIpc) is 3.62. The summed E-state index contributed by atoms with van der Waals surface area (Å²) in [5.41, 5.74) is 0. The molecule has 14 heteroatoms. The van der Waals surface area contributed by atoms with Crippen LogP contribution in [0, 0.1) is 0 Å². The summed E-state index contributed by atoms with van der Waals surface area (Å²) in [6.07, 6.45) is 58.7. The molecule has 0 aromatic rings. The predicted octanol–water partition coefficient (Wildman–Crippen LogP) is 16.5. The summed E-state index contributed by atoms with van der Waals surface area (Å²) >= 11 is 0. The molecule has 0 aliphatic carbocycles. The number of ether oxygens (including phenoxy) is 4. The number of nitrogens with one attached hydrogen (secondary N) is 1. The molecule has 2 rings (SSSR count). The maximum atomic E-state index is 13.4. The molecule has 2 fully saturated rings. The van der Waals surface area contributed by atoms with Crippen LogP contribution in [-0.2, 0) is 23.7 Å². The van der Waals surface area contributed by atoms with Crippen LogP contribution in [0.5, 0.6) is 0 Å². The van der Waals surface area contributed by atoms with E-state index in [9.17, 15) is 45.6 Å². The summed E-state index contributed by atoms with van der Waals surface area (Å²) in [7, 11) is 0. The zero-order valence-electron chi connectivity index (χ0n) is 57.7. The normalized spacial score (nSPS) is 23.0. The molecule has 1 amide bonds. The minimum Gasteiger partial charge on any atom is -0.394 e. The monoisotopic (exact) mass is 1270 g/mol. The van der Waals surface area contributed by atoms with E-state index in [2.05, 4.69) is 19.2 Å². The van der Waals surface area contributed by atoms with E-state index in [4.69, 9.17) is 18.9 Å². The molecule has 0 bridgehead atoms. The summed E-state index contributed by atoms with van der Waals surface area (Å²) < 4.78 is 22.9. The van der Waals surface area contributed by atoms with Crippen LogP contribution < -0.4 is 5.32 Å². The maximum absolute atomic E-state index is 13.4. The van der Waals surface area contributed by atoms with Crippen molar-refractivity contribution < 1.29 is 64.6 Å². The van der Waals surface area contributed by atoms with Gasteiger partial charge in [-0.3, -0.25) is 4.79 Å². The van der Waals surface area contributed by atoms with Crippen molar-refractivity contribution in [2.75, 3.05) is 19.8 Å². The lowest BCUT2D eigenvalue weighted by molar-refractivity contribution is -0.359. The number of carbonyl (C=O) groups excluding carboxylic acids is 1. The van der Waals surface area contributed by atoms with Gasteiger partial charge in [0.25, 0.3) is 0 Å². The number of amides is 1. The van der Waals surface area contributed by atoms with E-state index in [1.54, 1.807) is 6.08 Å². The Bertz CT molecular complexity index is 1540. The van der Waals surface area contributed by atoms with Crippen molar-refractivity contribution in [3.05, 3.63) is 12.2 Å². The van der Waals surface area contributed by atoms with Crippen LogP contribution in [-0.4, -0.2) is 140 Å². The Morgan fingerprint density at radius 1 is 0.393 bits per heavy atom. The van der Waals surface area contributed by atoms with E-state index in [1.165, 1.54) is 302 Å². The number of hydrogen-bond donors (Lipinski definition) is 9. The van der Waals surface area contributed by atoms with Gasteiger partial charge in [-0.2, -0.15) is 0 Å². The second kappa shape index (κ2) is 60.4. The SMILES string of the molecule is CCCCCCCCCCCCCCCCCCCC/C=C/C(O)C(COC1OC(CO)C(OC2OC(CO)C(O)C(O)C2O)C(O)C1O)NC(=O)CCCCCCCCCCCCCCCCCCCCCCCCCCCCCCCCCCCCC. The van der Waals surface area contributed by atoms with Crippen LogP contribution in [0.2, 0.25) is 0 Å². The van der Waals surface area contributed by atoms with Gasteiger partial charge in [-0.05, 0) is 19.3 Å². The van der Waals surface area contributed by atoms with Crippen LogP contribution in [0.4, 0.5) is 0 Å². The predicted molar refractivity (Wildman–Crippen MR) is 365 cm³/mol. The molecule has 2 saturated heterocycles. The van der Waals surface area contributed by atoms with E-state index >= 15 is 0 Å². The number of carbonyl (C=O) groups is 1. The third-order valence-electron chi connectivity index (χ3n) is 19.2. The van der Waals surface area contributed by atoms with E-state index in [-0.39, 0.29) is 18.9 Å². The first kappa shape index (κ1) is 83.8. The van der Waals surface area contributed by atoms with Crippen LogP contribution in [0.3, 0.4) is 0 Å². The van der Waals surface area contributed by atoms with Crippen molar-refractivity contribution in [1.29, 1.82) is 0 Å². The van der Waals surface area contributed by atoms with E-state index in [1.807, 2.05) is 6.08 Å². The molecule has 0 radical (unpaired) electrons. The first-order valence-corrected chi connectivity index (χ1v) is 38.4. The van der Waals surface area contributed by atoms with Crippen LogP contribution in [0.1, 0.15) is 367 Å². The summed E-state index contributed by atoms with van der Waals surface area (Å²) in [5.74, 6) is -0.230. The summed E-state index contributed by atoms with van der Waals surface area (Å²) in [5, 5.41) is 87.5. The third kappa shape index (κ3) is 44.2. The van der Waals surface area contributed by atoms with Gasteiger partial charge in [0.1, 0.15) is 48.8 Å². The van der Waals surface area contributed by atoms with Crippen LogP contribution in [0.15, 0.2) is 12.2 Å². The lowest BCUT2D eigenvalue weighted by atomic mass is 9.97. The van der Waals surface area contributed by atoms with Crippen molar-refractivity contribution in [3.8, 4) is 0 Å². The molecule has 9 N–H and O–H groups in total. The van der Waals surface area contributed by atoms with Gasteiger partial charge in [0.05, 0.1) is 32.0 Å². The Morgan fingerprint density at radius 3 is 1.03 bits per heavy atom. The molecule has 2 aliphatic heterocycles. The van der Waals surface area contributed by atoms with E-state index in [0.717, 1.165) is 44.9 Å². The Labute approximate surface area is 546 Å². The van der Waals surface area contributed by atoms with E-state index < -0.39 is 86.8 Å². The molecule has 0 aromatic heterocycles.